The second kappa shape index (κ2) is 3.96. The van der Waals surface area contributed by atoms with Gasteiger partial charge in [0.05, 0.1) is 0 Å². The average molecular weight is 191 g/mol. The van der Waals surface area contributed by atoms with Gasteiger partial charge in [-0.2, -0.15) is 4.73 Å². The van der Waals surface area contributed by atoms with Crippen molar-refractivity contribution in [2.75, 3.05) is 13.1 Å². The maximum Gasteiger partial charge on any atom is 0.195 e. The molecule has 3 nitrogen and oxygen atoms in total. The molecule has 0 unspecified atom stereocenters. The van der Waals surface area contributed by atoms with E-state index < -0.39 is 0 Å². The van der Waals surface area contributed by atoms with E-state index in [-0.39, 0.29) is 0 Å². The number of hydrogen-bond acceptors (Lipinski definition) is 2. The van der Waals surface area contributed by atoms with Gasteiger partial charge in [-0.15, -0.1) is 0 Å². The Kier molecular flexibility index (Phi) is 2.68. The first-order valence-corrected chi connectivity index (χ1v) is 5.01. The second-order valence-electron chi connectivity index (χ2n) is 3.84. The monoisotopic (exact) mass is 191 g/mol. The quantitative estimate of drug-likeness (QED) is 0.380. The number of nitrogens with zero attached hydrogens (tertiary/aromatic N) is 2. The fourth-order valence-electron chi connectivity index (χ4n) is 1.99. The fraction of sp³-hybridized carbons (Fsp3) is 0.455. The third-order valence-electron chi connectivity index (χ3n) is 2.86. The van der Waals surface area contributed by atoms with Crippen LogP contribution in [0, 0.1) is 12.3 Å². The molecule has 3 heteroatoms. The van der Waals surface area contributed by atoms with Crippen LogP contribution in [0.3, 0.4) is 0 Å². The van der Waals surface area contributed by atoms with Crippen LogP contribution in [0.25, 0.3) is 0 Å². The summed E-state index contributed by atoms with van der Waals surface area (Å²) in [6.45, 7) is 1.97. The molecule has 0 bridgehead atoms. The molecule has 1 aliphatic rings. The molecule has 0 radical (unpaired) electrons. The van der Waals surface area contributed by atoms with Gasteiger partial charge >= 0.3 is 0 Å². The Hall–Kier alpha value is -1.09. The Balaban J connectivity index is 2.12. The largest absolute Gasteiger partial charge is 0.618 e. The molecule has 0 aromatic carbocycles. The van der Waals surface area contributed by atoms with Crippen LogP contribution in [0.5, 0.6) is 0 Å². The summed E-state index contributed by atoms with van der Waals surface area (Å²) >= 11 is 0. The number of rotatable bonds is 1. The number of likely N-dealkylation sites (tertiary alicyclic amines) is 1. The maximum absolute atomic E-state index is 11.5. The predicted octanol–water partition coefficient (Wildman–Crippen LogP) is 1.29. The van der Waals surface area contributed by atoms with Gasteiger partial charge in [0.2, 0.25) is 0 Å². The van der Waals surface area contributed by atoms with E-state index in [9.17, 15) is 5.21 Å². The van der Waals surface area contributed by atoms with Gasteiger partial charge in [0.1, 0.15) is 0 Å². The Morgan fingerprint density at radius 3 is 2.71 bits per heavy atom. The van der Waals surface area contributed by atoms with E-state index in [1.807, 2.05) is 12.1 Å². The van der Waals surface area contributed by atoms with E-state index in [1.165, 1.54) is 0 Å². The zero-order valence-electron chi connectivity index (χ0n) is 8.22. The van der Waals surface area contributed by atoms with Crippen molar-refractivity contribution < 1.29 is 4.73 Å². The van der Waals surface area contributed by atoms with Crippen molar-refractivity contribution in [2.24, 2.45) is 0 Å². The summed E-state index contributed by atoms with van der Waals surface area (Å²) in [5.41, 5.74) is 0.903. The molecular weight excluding hydrogens is 176 g/mol. The van der Waals surface area contributed by atoms with Crippen molar-refractivity contribution in [2.45, 2.75) is 18.8 Å². The van der Waals surface area contributed by atoms with Crippen LogP contribution in [-0.4, -0.2) is 18.0 Å². The van der Waals surface area contributed by atoms with Gasteiger partial charge in [-0.25, -0.2) is 0 Å². The van der Waals surface area contributed by atoms with Gasteiger partial charge in [0.15, 0.2) is 11.9 Å². The molecule has 1 fully saturated rings. The smallest absolute Gasteiger partial charge is 0.195 e. The molecule has 14 heavy (non-hydrogen) atoms. The molecule has 0 saturated carbocycles. The summed E-state index contributed by atoms with van der Waals surface area (Å²) in [5.74, 6) is 0.409. The van der Waals surface area contributed by atoms with Crippen LogP contribution < -0.4 is 4.73 Å². The van der Waals surface area contributed by atoms with Crippen LogP contribution >= 0.6 is 0 Å². The van der Waals surface area contributed by atoms with Gasteiger partial charge in [-0.1, -0.05) is 6.07 Å². The van der Waals surface area contributed by atoms with Crippen molar-refractivity contribution in [3.8, 4) is 0 Å². The maximum atomic E-state index is 11.5. The zero-order valence-corrected chi connectivity index (χ0v) is 8.22. The standard InChI is InChI=1S/C11H15N2O/c1-12-8-5-10(6-9-12)11-4-2-3-7-13(11)14/h2-4,7,10H,1,5-6,8-9H2/q-1. The van der Waals surface area contributed by atoms with E-state index in [0.29, 0.717) is 5.92 Å². The third-order valence-corrected chi connectivity index (χ3v) is 2.86. The lowest BCUT2D eigenvalue weighted by Crippen LogP contribution is -2.36. The van der Waals surface area contributed by atoms with Gasteiger partial charge in [0.25, 0.3) is 0 Å². The lowest BCUT2D eigenvalue weighted by Gasteiger charge is -2.33. The lowest BCUT2D eigenvalue weighted by atomic mass is 9.93. The van der Waals surface area contributed by atoms with Gasteiger partial charge < -0.3 is 10.1 Å². The Bertz CT molecular complexity index is 306. The van der Waals surface area contributed by atoms with E-state index >= 15 is 0 Å². The Morgan fingerprint density at radius 2 is 2.07 bits per heavy atom. The van der Waals surface area contributed by atoms with Crippen molar-refractivity contribution in [3.05, 3.63) is 42.3 Å². The third kappa shape index (κ3) is 1.87. The highest BCUT2D eigenvalue weighted by molar-refractivity contribution is 5.05. The lowest BCUT2D eigenvalue weighted by molar-refractivity contribution is -0.616. The van der Waals surface area contributed by atoms with Crippen LogP contribution in [0.4, 0.5) is 0 Å². The Morgan fingerprint density at radius 1 is 1.36 bits per heavy atom. The molecule has 1 saturated heterocycles. The average Bonchev–Trinajstić information content (AvgIpc) is 2.20. The normalized spacial score (nSPS) is 19.8. The van der Waals surface area contributed by atoms with Crippen molar-refractivity contribution in [1.82, 2.24) is 4.90 Å². The van der Waals surface area contributed by atoms with Crippen LogP contribution in [0.2, 0.25) is 0 Å². The Labute approximate surface area is 84.6 Å². The summed E-state index contributed by atoms with van der Waals surface area (Å²) in [4.78, 5) is 2.06. The number of piperidine rings is 1. The number of pyridine rings is 1. The summed E-state index contributed by atoms with van der Waals surface area (Å²) in [5, 5.41) is 11.5. The minimum absolute atomic E-state index is 0.409. The minimum Gasteiger partial charge on any atom is -0.618 e. The number of hydrogen-bond donors (Lipinski definition) is 0. The summed E-state index contributed by atoms with van der Waals surface area (Å²) < 4.78 is 0.989. The van der Waals surface area contributed by atoms with E-state index in [4.69, 9.17) is 0 Å². The van der Waals surface area contributed by atoms with E-state index in [0.717, 1.165) is 36.4 Å². The van der Waals surface area contributed by atoms with E-state index in [2.05, 4.69) is 11.9 Å². The topological polar surface area (TPSA) is 30.2 Å². The van der Waals surface area contributed by atoms with Crippen molar-refractivity contribution in [3.63, 3.8) is 0 Å². The van der Waals surface area contributed by atoms with Crippen LogP contribution in [-0.2, 0) is 0 Å². The first kappa shape index (κ1) is 9.46. The van der Waals surface area contributed by atoms with Crippen molar-refractivity contribution in [1.29, 1.82) is 0 Å². The first-order chi connectivity index (χ1) is 6.77. The minimum atomic E-state index is 0.409. The first-order valence-electron chi connectivity index (χ1n) is 5.01. The highest BCUT2D eigenvalue weighted by atomic mass is 16.5. The fourth-order valence-corrected chi connectivity index (χ4v) is 1.99. The molecule has 0 atom stereocenters. The summed E-state index contributed by atoms with van der Waals surface area (Å²) in [7, 11) is 3.90. The van der Waals surface area contributed by atoms with Gasteiger partial charge in [0, 0.05) is 18.1 Å². The van der Waals surface area contributed by atoms with E-state index in [1.54, 1.807) is 12.3 Å². The molecule has 1 aromatic heterocycles. The number of aromatic nitrogens is 1. The van der Waals surface area contributed by atoms with Crippen LogP contribution in [0.1, 0.15) is 24.5 Å². The molecule has 0 amide bonds. The molecular formula is C11H15N2O-. The highest BCUT2D eigenvalue weighted by Gasteiger charge is 2.21. The molecule has 0 spiro atoms. The molecule has 0 aliphatic carbocycles. The molecule has 1 aromatic rings. The summed E-state index contributed by atoms with van der Waals surface area (Å²) in [6.07, 6.45) is 3.65. The summed E-state index contributed by atoms with van der Waals surface area (Å²) in [6, 6.07) is 5.63. The van der Waals surface area contributed by atoms with Gasteiger partial charge in [-0.3, -0.25) is 7.05 Å². The van der Waals surface area contributed by atoms with Crippen LogP contribution in [0.15, 0.2) is 24.4 Å². The molecule has 2 rings (SSSR count). The molecule has 76 valence electrons. The van der Waals surface area contributed by atoms with Crippen molar-refractivity contribution >= 4 is 0 Å². The highest BCUT2D eigenvalue weighted by Crippen LogP contribution is 2.24. The molecule has 0 N–H and O–H groups in total. The molecule has 1 aliphatic heterocycles. The SMILES string of the molecule is [CH2-]N1CCC(c2cccc[n+]2[O-])CC1. The van der Waals surface area contributed by atoms with Gasteiger partial charge in [-0.05, 0) is 25.9 Å². The second-order valence-corrected chi connectivity index (χ2v) is 3.84. The predicted molar refractivity (Wildman–Crippen MR) is 54.3 cm³/mol. The molecule has 2 heterocycles. The zero-order chi connectivity index (χ0) is 9.97.